The van der Waals surface area contributed by atoms with Crippen molar-refractivity contribution >= 4 is 46.6 Å². The number of hydrazine groups is 1. The van der Waals surface area contributed by atoms with Gasteiger partial charge in [0.25, 0.3) is 11.8 Å². The van der Waals surface area contributed by atoms with E-state index in [4.69, 9.17) is 16.3 Å². The van der Waals surface area contributed by atoms with Crippen molar-refractivity contribution < 1.29 is 33.4 Å². The lowest BCUT2D eigenvalue weighted by atomic mass is 9.49. The van der Waals surface area contributed by atoms with Crippen molar-refractivity contribution in [2.45, 2.75) is 37.5 Å². The van der Waals surface area contributed by atoms with E-state index in [-0.39, 0.29) is 36.2 Å². The Hall–Kier alpha value is -5.48. The van der Waals surface area contributed by atoms with Crippen molar-refractivity contribution in [3.63, 3.8) is 0 Å². The average molecular weight is 720 g/mol. The van der Waals surface area contributed by atoms with Crippen molar-refractivity contribution in [1.29, 1.82) is 0 Å². The van der Waals surface area contributed by atoms with Crippen LogP contribution in [-0.4, -0.2) is 40.9 Å². The second kappa shape index (κ2) is 12.6. The number of fused-ring (bicyclic) bond motifs is 4. The summed E-state index contributed by atoms with van der Waals surface area (Å²) in [5.74, 6) is -5.88. The van der Waals surface area contributed by atoms with Crippen LogP contribution in [0.25, 0.3) is 0 Å². The maximum absolute atomic E-state index is 15.3. The number of carbonyl (C=O) groups excluding carboxylic acids is 4. The van der Waals surface area contributed by atoms with Crippen LogP contribution in [0.4, 0.5) is 15.8 Å². The number of amides is 4. The van der Waals surface area contributed by atoms with Gasteiger partial charge in [-0.05, 0) is 90.9 Å². The van der Waals surface area contributed by atoms with Gasteiger partial charge in [0.15, 0.2) is 0 Å². The highest BCUT2D eigenvalue weighted by atomic mass is 35.5. The molecule has 6 unspecified atom stereocenters. The lowest BCUT2D eigenvalue weighted by Crippen LogP contribution is -2.53. The fourth-order valence-electron chi connectivity index (χ4n) is 9.07. The molecular weight excluding hydrogens is 685 g/mol. The summed E-state index contributed by atoms with van der Waals surface area (Å²) in [7, 11) is 1.46. The molecule has 8 rings (SSSR count). The molecule has 4 amide bonds. The number of carbonyl (C=O) groups is 4. The summed E-state index contributed by atoms with van der Waals surface area (Å²) < 4.78 is 19.7. The number of hydrogen-bond acceptors (Lipinski definition) is 7. The van der Waals surface area contributed by atoms with Crippen LogP contribution in [0.2, 0.25) is 5.02 Å². The maximum Gasteiger partial charge on any atom is 0.260 e. The van der Waals surface area contributed by atoms with E-state index in [1.807, 2.05) is 25.1 Å². The van der Waals surface area contributed by atoms with Crippen molar-refractivity contribution in [3.05, 3.63) is 130 Å². The number of nitrogens with one attached hydrogen (secondary N) is 1. The number of allylic oxidation sites excluding steroid dienone is 2. The first-order valence-corrected chi connectivity index (χ1v) is 17.7. The van der Waals surface area contributed by atoms with E-state index in [0.717, 1.165) is 22.6 Å². The molecule has 0 spiro atoms. The number of rotatable bonds is 7. The first kappa shape index (κ1) is 33.7. The number of aryl methyl sites for hydroxylation is 1. The zero-order chi connectivity index (χ0) is 36.5. The summed E-state index contributed by atoms with van der Waals surface area (Å²) >= 11 is 6.37. The topological polar surface area (TPSA) is 116 Å². The number of nitrogens with zero attached hydrogens (tertiary/aromatic N) is 2. The van der Waals surface area contributed by atoms with Crippen LogP contribution in [0, 0.1) is 29.5 Å². The predicted molar refractivity (Wildman–Crippen MR) is 192 cm³/mol. The summed E-state index contributed by atoms with van der Waals surface area (Å²) in [6.07, 6.45) is 3.11. The molecule has 4 aliphatic rings. The molecule has 0 radical (unpaired) electrons. The number of halogens is 2. The van der Waals surface area contributed by atoms with Gasteiger partial charge in [-0.1, -0.05) is 60.5 Å². The van der Waals surface area contributed by atoms with Gasteiger partial charge in [-0.25, -0.2) is 4.39 Å². The quantitative estimate of drug-likeness (QED) is 0.157. The normalized spacial score (nSPS) is 26.5. The van der Waals surface area contributed by atoms with Crippen molar-refractivity contribution in [2.75, 3.05) is 17.4 Å². The minimum absolute atomic E-state index is 0.0579. The Morgan fingerprint density at radius 1 is 0.904 bits per heavy atom. The molecule has 3 fully saturated rings. The van der Waals surface area contributed by atoms with E-state index in [1.54, 1.807) is 42.5 Å². The Labute approximate surface area is 304 Å². The SMILES string of the molecule is CCc1ccc(N2C(=O)C3CC=C4C(CC5C(=O)N(Nc6ccc(F)cc6)C(=O)C5(c5ccc(Cl)cc5)C4c4ccc(O)cc4OC)C3C2=O)cc1. The molecular formula is C41H35ClFN3O6. The molecule has 4 aromatic carbocycles. The molecule has 2 heterocycles. The van der Waals surface area contributed by atoms with E-state index in [1.165, 1.54) is 48.4 Å². The largest absolute Gasteiger partial charge is 0.508 e. The van der Waals surface area contributed by atoms with Gasteiger partial charge in [0.2, 0.25) is 11.8 Å². The molecule has 4 aromatic rings. The number of anilines is 2. The molecule has 2 N–H and O–H groups in total. The molecule has 0 aromatic heterocycles. The first-order chi connectivity index (χ1) is 25.1. The van der Waals surface area contributed by atoms with Gasteiger partial charge in [-0.2, -0.15) is 5.01 Å². The molecule has 1 saturated carbocycles. The minimum atomic E-state index is -1.57. The Morgan fingerprint density at radius 3 is 2.29 bits per heavy atom. The van der Waals surface area contributed by atoms with E-state index in [9.17, 15) is 23.9 Å². The second-order valence-corrected chi connectivity index (χ2v) is 14.3. The summed E-state index contributed by atoms with van der Waals surface area (Å²) in [6.45, 7) is 2.03. The summed E-state index contributed by atoms with van der Waals surface area (Å²) in [4.78, 5) is 59.9. The zero-order valence-electron chi connectivity index (χ0n) is 28.4. The average Bonchev–Trinajstić information content (AvgIpc) is 3.53. The Morgan fingerprint density at radius 2 is 1.62 bits per heavy atom. The molecule has 9 nitrogen and oxygen atoms in total. The van der Waals surface area contributed by atoms with Crippen molar-refractivity contribution in [3.8, 4) is 11.5 Å². The van der Waals surface area contributed by atoms with E-state index < -0.39 is 52.6 Å². The highest BCUT2D eigenvalue weighted by Crippen LogP contribution is 2.65. The third kappa shape index (κ3) is 4.95. The van der Waals surface area contributed by atoms with Gasteiger partial charge >= 0.3 is 0 Å². The highest BCUT2D eigenvalue weighted by Gasteiger charge is 2.70. The van der Waals surface area contributed by atoms with Gasteiger partial charge in [0.05, 0.1) is 41.7 Å². The Balaban J connectivity index is 1.33. The first-order valence-electron chi connectivity index (χ1n) is 17.3. The number of imide groups is 2. The fourth-order valence-corrected chi connectivity index (χ4v) is 9.20. The van der Waals surface area contributed by atoms with E-state index >= 15 is 4.79 Å². The summed E-state index contributed by atoms with van der Waals surface area (Å²) in [6, 6.07) is 24.1. The number of methoxy groups -OCH3 is 1. The minimum Gasteiger partial charge on any atom is -0.508 e. The predicted octanol–water partition coefficient (Wildman–Crippen LogP) is 6.95. The maximum atomic E-state index is 15.3. The number of hydrogen-bond donors (Lipinski definition) is 2. The second-order valence-electron chi connectivity index (χ2n) is 13.8. The molecule has 2 saturated heterocycles. The standard InChI is InChI=1S/C41H35ClFN3O6/c1-3-22-4-14-27(15-5-22)45-37(48)31-19-18-29-32(35(31)39(45)50)21-33-38(49)46(44-26-12-10-25(43)11-13-26)40(51)41(33,23-6-8-24(42)9-7-23)36(29)30-17-16-28(47)20-34(30)52-2/h4-18,20,31-33,35-36,44,47H,3,19,21H2,1-2H3. The molecule has 52 heavy (non-hydrogen) atoms. The third-order valence-electron chi connectivity index (χ3n) is 11.4. The number of phenols is 1. The zero-order valence-corrected chi connectivity index (χ0v) is 29.1. The van der Waals surface area contributed by atoms with Crippen molar-refractivity contribution in [1.82, 2.24) is 5.01 Å². The van der Waals surface area contributed by atoms with Crippen LogP contribution >= 0.6 is 11.6 Å². The fraction of sp³-hybridized carbons (Fsp3) is 0.268. The van der Waals surface area contributed by atoms with Crippen LogP contribution < -0.4 is 15.1 Å². The van der Waals surface area contributed by atoms with Gasteiger partial charge in [0.1, 0.15) is 17.3 Å². The third-order valence-corrected chi connectivity index (χ3v) is 11.6. The van der Waals surface area contributed by atoms with E-state index in [0.29, 0.717) is 27.5 Å². The monoisotopic (exact) mass is 719 g/mol. The van der Waals surface area contributed by atoms with Crippen LogP contribution in [-0.2, 0) is 31.0 Å². The molecule has 2 aliphatic heterocycles. The van der Waals surface area contributed by atoms with Gasteiger partial charge < -0.3 is 9.84 Å². The lowest BCUT2D eigenvalue weighted by Gasteiger charge is -2.50. The summed E-state index contributed by atoms with van der Waals surface area (Å²) in [5.41, 5.74) is 5.06. The number of benzene rings is 4. The van der Waals surface area contributed by atoms with Crippen LogP contribution in [0.15, 0.2) is 103 Å². The van der Waals surface area contributed by atoms with Gasteiger partial charge in [-0.15, -0.1) is 0 Å². The lowest BCUT2D eigenvalue weighted by molar-refractivity contribution is -0.138. The van der Waals surface area contributed by atoms with Gasteiger partial charge in [-0.3, -0.25) is 29.5 Å². The smallest absolute Gasteiger partial charge is 0.260 e. The molecule has 6 atom stereocenters. The Bertz CT molecular complexity index is 2150. The van der Waals surface area contributed by atoms with Crippen LogP contribution in [0.5, 0.6) is 11.5 Å². The van der Waals surface area contributed by atoms with Gasteiger partial charge in [0, 0.05) is 22.6 Å². The number of ether oxygens (including phenoxy) is 1. The summed E-state index contributed by atoms with van der Waals surface area (Å²) in [5, 5.41) is 11.9. The molecule has 2 aliphatic carbocycles. The number of aromatic hydroxyl groups is 1. The molecule has 264 valence electrons. The highest BCUT2D eigenvalue weighted by molar-refractivity contribution is 6.30. The Kier molecular flexibility index (Phi) is 8.17. The van der Waals surface area contributed by atoms with Crippen molar-refractivity contribution in [2.24, 2.45) is 23.7 Å². The van der Waals surface area contributed by atoms with E-state index in [2.05, 4.69) is 5.43 Å². The van der Waals surface area contributed by atoms with Crippen LogP contribution in [0.3, 0.4) is 0 Å². The molecule has 11 heteroatoms. The number of phenolic OH excluding ortho intramolecular Hbond substituents is 1. The van der Waals surface area contributed by atoms with Crippen LogP contribution in [0.1, 0.15) is 42.4 Å². The molecule has 0 bridgehead atoms.